The van der Waals surface area contributed by atoms with Crippen LogP contribution < -0.4 is 15.9 Å². The number of amides is 2. The van der Waals surface area contributed by atoms with E-state index in [-0.39, 0.29) is 29.6 Å². The van der Waals surface area contributed by atoms with Crippen molar-refractivity contribution in [2.24, 2.45) is 5.10 Å². The fraction of sp³-hybridized carbons (Fsp3) is 0.360. The fourth-order valence-corrected chi connectivity index (χ4v) is 4.60. The second kappa shape index (κ2) is 11.9. The number of nitrogen functional groups attached to an aromatic ring is 1. The Labute approximate surface area is 213 Å². The third kappa shape index (κ3) is 6.46. The number of anilines is 1. The van der Waals surface area contributed by atoms with Crippen molar-refractivity contribution in [3.8, 4) is 5.75 Å². The minimum absolute atomic E-state index is 0.0506. The zero-order valence-corrected chi connectivity index (χ0v) is 21.7. The maximum Gasteiger partial charge on any atom is 0.254 e. The number of carbonyl (C=O) groups is 3. The molecule has 186 valence electrons. The molecule has 1 aliphatic rings. The van der Waals surface area contributed by atoms with Gasteiger partial charge in [0.25, 0.3) is 5.91 Å². The molecule has 2 aromatic carbocycles. The van der Waals surface area contributed by atoms with Crippen LogP contribution in [0.2, 0.25) is 0 Å². The molecule has 0 aliphatic carbocycles. The number of likely N-dealkylation sites (N-methyl/N-ethyl adjacent to an activating group) is 1. The molecule has 2 amide bonds. The van der Waals surface area contributed by atoms with Gasteiger partial charge in [-0.05, 0) is 58.7 Å². The fourth-order valence-electron chi connectivity index (χ4n) is 3.92. The topological polar surface area (TPSA) is 117 Å². The van der Waals surface area contributed by atoms with Crippen LogP contribution in [0, 0.1) is 0 Å². The Balaban J connectivity index is 1.74. The SMILES string of the molecule is CCc1cc(CC(=O)N/N=C(\C=O)c2c(N)cc(C(=O)N3CCN(C)CC3)cc2Br)ccc1OC. The number of methoxy groups -OCH3 is 1. The maximum absolute atomic E-state index is 12.9. The van der Waals surface area contributed by atoms with Crippen molar-refractivity contribution < 1.29 is 19.1 Å². The van der Waals surface area contributed by atoms with Crippen LogP contribution >= 0.6 is 15.9 Å². The Morgan fingerprint density at radius 1 is 1.20 bits per heavy atom. The quantitative estimate of drug-likeness (QED) is 0.228. The molecule has 2 aromatic rings. The Bertz CT molecular complexity index is 1120. The number of hydrogen-bond donors (Lipinski definition) is 2. The van der Waals surface area contributed by atoms with Crippen molar-refractivity contribution in [2.45, 2.75) is 19.8 Å². The summed E-state index contributed by atoms with van der Waals surface area (Å²) >= 11 is 3.41. The average Bonchev–Trinajstić information content (AvgIpc) is 2.85. The van der Waals surface area contributed by atoms with Crippen LogP contribution in [0.25, 0.3) is 0 Å². The highest BCUT2D eigenvalue weighted by Crippen LogP contribution is 2.27. The summed E-state index contributed by atoms with van der Waals surface area (Å²) in [7, 11) is 3.62. The third-order valence-electron chi connectivity index (χ3n) is 5.92. The number of benzene rings is 2. The highest BCUT2D eigenvalue weighted by molar-refractivity contribution is 9.10. The number of hydrazone groups is 1. The van der Waals surface area contributed by atoms with Crippen molar-refractivity contribution in [1.82, 2.24) is 15.2 Å². The van der Waals surface area contributed by atoms with Gasteiger partial charge in [0.1, 0.15) is 11.5 Å². The van der Waals surface area contributed by atoms with E-state index in [4.69, 9.17) is 10.5 Å². The number of ether oxygens (including phenoxy) is 1. The van der Waals surface area contributed by atoms with Gasteiger partial charge in [0.2, 0.25) is 5.91 Å². The number of aldehydes is 1. The van der Waals surface area contributed by atoms with Gasteiger partial charge in [-0.2, -0.15) is 5.10 Å². The molecule has 10 heteroatoms. The van der Waals surface area contributed by atoms with E-state index in [1.165, 1.54) is 6.07 Å². The standard InChI is InChI=1S/C25H30BrN5O4/c1-4-17-11-16(5-6-22(17)35-3)12-23(33)29-28-21(15-32)24-19(26)13-18(14-20(24)27)25(34)31-9-7-30(2)8-10-31/h5-6,11,13-15H,4,7-10,12,27H2,1-3H3,(H,29,33)/b28-21+. The van der Waals surface area contributed by atoms with Crippen molar-refractivity contribution in [1.29, 1.82) is 0 Å². The van der Waals surface area contributed by atoms with Crippen LogP contribution in [0.1, 0.15) is 34.0 Å². The Morgan fingerprint density at radius 3 is 2.51 bits per heavy atom. The van der Waals surface area contributed by atoms with Gasteiger partial charge in [0.15, 0.2) is 6.29 Å². The summed E-state index contributed by atoms with van der Waals surface area (Å²) in [6.07, 6.45) is 1.37. The summed E-state index contributed by atoms with van der Waals surface area (Å²) in [4.78, 5) is 41.1. The summed E-state index contributed by atoms with van der Waals surface area (Å²) < 4.78 is 5.76. The second-order valence-electron chi connectivity index (χ2n) is 8.34. The van der Waals surface area contributed by atoms with Crippen LogP contribution in [-0.4, -0.2) is 73.9 Å². The molecule has 0 aromatic heterocycles. The van der Waals surface area contributed by atoms with Crippen LogP contribution in [0.5, 0.6) is 5.75 Å². The number of rotatable bonds is 8. The lowest BCUT2D eigenvalue weighted by molar-refractivity contribution is -0.120. The molecular formula is C25H30BrN5O4. The molecule has 0 radical (unpaired) electrons. The molecule has 0 unspecified atom stereocenters. The first-order valence-corrected chi connectivity index (χ1v) is 12.1. The van der Waals surface area contributed by atoms with E-state index >= 15 is 0 Å². The number of nitrogens with two attached hydrogens (primary N) is 1. The average molecular weight is 544 g/mol. The number of carbonyl (C=O) groups excluding carboxylic acids is 3. The lowest BCUT2D eigenvalue weighted by atomic mass is 10.0. The lowest BCUT2D eigenvalue weighted by Gasteiger charge is -2.32. The Kier molecular flexibility index (Phi) is 9.00. The minimum atomic E-state index is -0.381. The lowest BCUT2D eigenvalue weighted by Crippen LogP contribution is -2.47. The zero-order valence-electron chi connectivity index (χ0n) is 20.1. The normalized spacial score (nSPS) is 14.5. The molecule has 1 saturated heterocycles. The number of nitrogens with zero attached hydrogens (tertiary/aromatic N) is 3. The van der Waals surface area contributed by atoms with E-state index < -0.39 is 0 Å². The van der Waals surface area contributed by atoms with E-state index in [0.29, 0.717) is 35.0 Å². The molecule has 9 nitrogen and oxygen atoms in total. The Hall–Kier alpha value is -3.24. The van der Waals surface area contributed by atoms with Gasteiger partial charge in [-0.3, -0.25) is 14.4 Å². The van der Waals surface area contributed by atoms with Crippen LogP contribution in [0.4, 0.5) is 5.69 Å². The predicted octanol–water partition coefficient (Wildman–Crippen LogP) is 2.25. The molecule has 1 heterocycles. The van der Waals surface area contributed by atoms with Crippen molar-refractivity contribution in [3.05, 3.63) is 57.1 Å². The van der Waals surface area contributed by atoms with Crippen LogP contribution in [-0.2, 0) is 22.4 Å². The maximum atomic E-state index is 12.9. The van der Waals surface area contributed by atoms with Gasteiger partial charge in [-0.1, -0.05) is 19.1 Å². The number of aryl methyl sites for hydroxylation is 1. The summed E-state index contributed by atoms with van der Waals surface area (Å²) in [5.74, 6) is 0.266. The predicted molar refractivity (Wildman–Crippen MR) is 139 cm³/mol. The highest BCUT2D eigenvalue weighted by Gasteiger charge is 2.23. The van der Waals surface area contributed by atoms with Crippen molar-refractivity contribution in [3.63, 3.8) is 0 Å². The number of hydrogen-bond acceptors (Lipinski definition) is 7. The summed E-state index contributed by atoms with van der Waals surface area (Å²) in [5.41, 5.74) is 11.3. The first kappa shape index (κ1) is 26.4. The second-order valence-corrected chi connectivity index (χ2v) is 9.20. The molecule has 0 atom stereocenters. The van der Waals surface area contributed by atoms with E-state index in [2.05, 4.69) is 31.4 Å². The van der Waals surface area contributed by atoms with Crippen LogP contribution in [0.3, 0.4) is 0 Å². The van der Waals surface area contributed by atoms with Gasteiger partial charge in [0, 0.05) is 47.5 Å². The van der Waals surface area contributed by atoms with Gasteiger partial charge in [-0.15, -0.1) is 0 Å². The summed E-state index contributed by atoms with van der Waals surface area (Å²) in [6.45, 7) is 4.89. The molecule has 0 spiro atoms. The molecule has 35 heavy (non-hydrogen) atoms. The van der Waals surface area contributed by atoms with Crippen LogP contribution in [0.15, 0.2) is 39.9 Å². The molecule has 3 rings (SSSR count). The number of halogens is 1. The zero-order chi connectivity index (χ0) is 25.5. The van der Waals surface area contributed by atoms with Gasteiger partial charge < -0.3 is 20.3 Å². The first-order chi connectivity index (χ1) is 16.8. The van der Waals surface area contributed by atoms with Gasteiger partial charge >= 0.3 is 0 Å². The largest absolute Gasteiger partial charge is 0.496 e. The number of piperazine rings is 1. The molecule has 1 aliphatic heterocycles. The Morgan fingerprint density at radius 2 is 1.91 bits per heavy atom. The first-order valence-electron chi connectivity index (χ1n) is 11.3. The smallest absolute Gasteiger partial charge is 0.254 e. The third-order valence-corrected chi connectivity index (χ3v) is 6.54. The molecule has 1 fully saturated rings. The van der Waals surface area contributed by atoms with E-state index in [1.54, 1.807) is 18.1 Å². The minimum Gasteiger partial charge on any atom is -0.496 e. The highest BCUT2D eigenvalue weighted by atomic mass is 79.9. The molecule has 0 bridgehead atoms. The molecule has 3 N–H and O–H groups in total. The van der Waals surface area contributed by atoms with E-state index in [1.807, 2.05) is 32.2 Å². The van der Waals surface area contributed by atoms with E-state index in [0.717, 1.165) is 36.4 Å². The molecular weight excluding hydrogens is 514 g/mol. The van der Waals surface area contributed by atoms with Gasteiger partial charge in [-0.25, -0.2) is 5.43 Å². The summed E-state index contributed by atoms with van der Waals surface area (Å²) in [6, 6.07) is 8.70. The van der Waals surface area contributed by atoms with Gasteiger partial charge in [0.05, 0.1) is 13.5 Å². The monoisotopic (exact) mass is 543 g/mol. The van der Waals surface area contributed by atoms with Crippen molar-refractivity contribution >= 4 is 45.4 Å². The number of nitrogens with one attached hydrogen (secondary N) is 1. The van der Waals surface area contributed by atoms with E-state index in [9.17, 15) is 14.4 Å². The molecule has 0 saturated carbocycles. The van der Waals surface area contributed by atoms with Crippen molar-refractivity contribution in [2.75, 3.05) is 46.1 Å². The summed E-state index contributed by atoms with van der Waals surface area (Å²) in [5, 5.41) is 3.99.